The lowest BCUT2D eigenvalue weighted by molar-refractivity contribution is -0.136. The summed E-state index contributed by atoms with van der Waals surface area (Å²) < 4.78 is 0. The van der Waals surface area contributed by atoms with Gasteiger partial charge in [-0.05, 0) is 99.0 Å². The summed E-state index contributed by atoms with van der Waals surface area (Å²) in [5.41, 5.74) is 5.59. The summed E-state index contributed by atoms with van der Waals surface area (Å²) in [4.78, 5) is 84.4. The van der Waals surface area contributed by atoms with Gasteiger partial charge in [0.2, 0.25) is 11.8 Å². The van der Waals surface area contributed by atoms with E-state index in [-0.39, 0.29) is 35.3 Å². The van der Waals surface area contributed by atoms with E-state index in [1.807, 2.05) is 36.2 Å². The number of aryl methyl sites for hydroxylation is 1. The van der Waals surface area contributed by atoms with Crippen LogP contribution in [0.25, 0.3) is 4.85 Å². The standard InChI is InChI=1S/C43H47N9O5/c1-27-20-32(23-45-38(27)44-3)51-26-43(22-28(51)2)12-14-47(15-13-43)30-6-4-29(5-7-30)40(55)49-18-16-48(17-19-49)33-24-50(25-33)31-8-9-34-35(21-31)42(57)52(41(34)56)36-10-11-37(53)46-39(36)54/h4-9,20-21,23,28,33,36H,10-19,22,24-26H2,1-2H3,(H,46,53,54)/t28-,36?/m0/s1. The number of aromatic nitrogens is 1. The molecule has 7 heterocycles. The van der Waals surface area contributed by atoms with Crippen LogP contribution in [0.4, 0.5) is 22.9 Å². The molecule has 0 saturated carbocycles. The van der Waals surface area contributed by atoms with E-state index < -0.39 is 29.7 Å². The molecule has 14 heteroatoms. The van der Waals surface area contributed by atoms with Crippen LogP contribution in [-0.2, 0) is 9.59 Å². The number of piperidine rings is 2. The molecule has 2 atom stereocenters. The van der Waals surface area contributed by atoms with E-state index in [4.69, 9.17) is 6.57 Å². The van der Waals surface area contributed by atoms with Crippen LogP contribution >= 0.6 is 0 Å². The molecule has 1 aromatic heterocycles. The lowest BCUT2D eigenvalue weighted by Crippen LogP contribution is -2.63. The second-order valence-electron chi connectivity index (χ2n) is 16.7. The topological polar surface area (TPSA) is 134 Å². The fraction of sp³-hybridized carbons (Fsp3) is 0.465. The number of piperazine rings is 1. The maximum atomic E-state index is 13.6. The van der Waals surface area contributed by atoms with Crippen LogP contribution < -0.4 is 20.0 Å². The van der Waals surface area contributed by atoms with E-state index in [1.165, 1.54) is 0 Å². The fourth-order valence-corrected chi connectivity index (χ4v) is 9.93. The first-order valence-electron chi connectivity index (χ1n) is 20.1. The summed E-state index contributed by atoms with van der Waals surface area (Å²) in [5.74, 6) is -1.48. The van der Waals surface area contributed by atoms with Crippen molar-refractivity contribution >= 4 is 52.4 Å². The second kappa shape index (κ2) is 14.3. The van der Waals surface area contributed by atoms with Crippen molar-refractivity contribution in [2.45, 2.75) is 64.1 Å². The highest BCUT2D eigenvalue weighted by molar-refractivity contribution is 6.23. The van der Waals surface area contributed by atoms with Gasteiger partial charge in [0.05, 0.1) is 16.8 Å². The molecular weight excluding hydrogens is 723 g/mol. The minimum atomic E-state index is -0.981. The van der Waals surface area contributed by atoms with Crippen molar-refractivity contribution < 1.29 is 24.0 Å². The monoisotopic (exact) mass is 769 g/mol. The predicted molar refractivity (Wildman–Crippen MR) is 214 cm³/mol. The van der Waals surface area contributed by atoms with E-state index in [1.54, 1.807) is 12.1 Å². The Balaban J connectivity index is 0.741. The molecule has 0 bridgehead atoms. The van der Waals surface area contributed by atoms with Crippen molar-refractivity contribution in [3.8, 4) is 0 Å². The van der Waals surface area contributed by atoms with Crippen molar-refractivity contribution in [2.75, 3.05) is 73.6 Å². The van der Waals surface area contributed by atoms with E-state index in [0.29, 0.717) is 36.6 Å². The molecule has 5 saturated heterocycles. The number of hydrogen-bond acceptors (Lipinski definition) is 10. The number of carbonyl (C=O) groups excluding carboxylic acids is 5. The van der Waals surface area contributed by atoms with Crippen LogP contribution in [-0.4, -0.2) is 126 Å². The predicted octanol–water partition coefficient (Wildman–Crippen LogP) is 3.87. The summed E-state index contributed by atoms with van der Waals surface area (Å²) in [6.45, 7) is 19.0. The zero-order valence-electron chi connectivity index (χ0n) is 32.4. The van der Waals surface area contributed by atoms with E-state index in [0.717, 1.165) is 92.6 Å². The first-order valence-corrected chi connectivity index (χ1v) is 20.1. The number of carbonyl (C=O) groups is 5. The third-order valence-electron chi connectivity index (χ3n) is 13.3. The van der Waals surface area contributed by atoms with E-state index >= 15 is 0 Å². The number of anilines is 3. The molecule has 14 nitrogen and oxygen atoms in total. The maximum Gasteiger partial charge on any atom is 0.272 e. The van der Waals surface area contributed by atoms with Gasteiger partial charge in [-0.2, -0.15) is 0 Å². The van der Waals surface area contributed by atoms with Gasteiger partial charge in [-0.15, -0.1) is 4.98 Å². The molecule has 9 rings (SSSR count). The number of rotatable bonds is 6. The summed E-state index contributed by atoms with van der Waals surface area (Å²) in [5, 5.41) is 2.24. The van der Waals surface area contributed by atoms with Crippen LogP contribution in [0.5, 0.6) is 0 Å². The third-order valence-corrected chi connectivity index (χ3v) is 13.3. The zero-order valence-corrected chi connectivity index (χ0v) is 32.4. The highest BCUT2D eigenvalue weighted by Crippen LogP contribution is 2.46. The second-order valence-corrected chi connectivity index (χ2v) is 16.7. The minimum absolute atomic E-state index is 0.0620. The minimum Gasteiger partial charge on any atom is -0.371 e. The Morgan fingerprint density at radius 2 is 1.56 bits per heavy atom. The Hall–Kier alpha value is -5.81. The molecule has 1 N–H and O–H groups in total. The van der Waals surface area contributed by atoms with Gasteiger partial charge in [-0.1, -0.05) is 6.57 Å². The summed E-state index contributed by atoms with van der Waals surface area (Å²) >= 11 is 0. The molecule has 3 aromatic rings. The van der Waals surface area contributed by atoms with Gasteiger partial charge >= 0.3 is 0 Å². The van der Waals surface area contributed by atoms with Crippen LogP contribution in [0.15, 0.2) is 54.7 Å². The van der Waals surface area contributed by atoms with Crippen molar-refractivity contribution in [3.05, 3.63) is 88.4 Å². The molecule has 5 amide bonds. The van der Waals surface area contributed by atoms with Gasteiger partial charge in [0.15, 0.2) is 0 Å². The number of amides is 5. The highest BCUT2D eigenvalue weighted by Gasteiger charge is 2.46. The maximum absolute atomic E-state index is 13.6. The fourth-order valence-electron chi connectivity index (χ4n) is 9.93. The van der Waals surface area contributed by atoms with Crippen molar-refractivity contribution in [3.63, 3.8) is 0 Å². The van der Waals surface area contributed by atoms with Crippen LogP contribution in [0.2, 0.25) is 0 Å². The quantitative estimate of drug-likeness (QED) is 0.291. The van der Waals surface area contributed by atoms with E-state index in [2.05, 4.69) is 59.9 Å². The van der Waals surface area contributed by atoms with Crippen LogP contribution in [0.3, 0.4) is 0 Å². The smallest absolute Gasteiger partial charge is 0.272 e. The van der Waals surface area contributed by atoms with Gasteiger partial charge in [0, 0.05) is 94.3 Å². The first kappa shape index (κ1) is 36.8. The van der Waals surface area contributed by atoms with Gasteiger partial charge in [0.25, 0.3) is 23.5 Å². The summed E-state index contributed by atoms with van der Waals surface area (Å²) in [7, 11) is 0. The average molecular weight is 770 g/mol. The lowest BCUT2D eigenvalue weighted by atomic mass is 9.76. The molecular formula is C43H47N9O5. The van der Waals surface area contributed by atoms with Gasteiger partial charge in [-0.25, -0.2) is 0 Å². The molecule has 1 spiro atoms. The number of nitrogens with one attached hydrogen (secondary N) is 1. The first-order chi connectivity index (χ1) is 27.5. The Kier molecular flexibility index (Phi) is 9.23. The molecule has 0 radical (unpaired) electrons. The molecule has 2 aromatic carbocycles. The van der Waals surface area contributed by atoms with Gasteiger partial charge < -0.3 is 24.4 Å². The normalized spacial score (nSPS) is 23.8. The molecule has 1 unspecified atom stereocenters. The number of hydrogen-bond donors (Lipinski definition) is 1. The van der Waals surface area contributed by atoms with Gasteiger partial charge in [0.1, 0.15) is 12.2 Å². The SMILES string of the molecule is [C-]#[N+]c1ncc(N2CC3(CCN(c4ccc(C(=O)N5CCN(C6CN(c7ccc8c(c7)C(=O)N(C7CCC(=O)NC7=O)C8=O)C6)CC5)cc4)CC3)C[C@@H]2C)cc1C. The number of imide groups is 2. The van der Waals surface area contributed by atoms with Gasteiger partial charge in [-0.3, -0.25) is 39.1 Å². The Labute approximate surface area is 332 Å². The molecule has 6 aliphatic rings. The Morgan fingerprint density at radius 1 is 0.860 bits per heavy atom. The number of nitrogens with zero attached hydrogens (tertiary/aromatic N) is 8. The van der Waals surface area contributed by atoms with Crippen molar-refractivity contribution in [1.82, 2.24) is 25.0 Å². The van der Waals surface area contributed by atoms with Crippen LogP contribution in [0, 0.1) is 18.9 Å². The highest BCUT2D eigenvalue weighted by atomic mass is 16.2. The molecule has 6 aliphatic heterocycles. The molecule has 57 heavy (non-hydrogen) atoms. The Bertz CT molecular complexity index is 2200. The summed E-state index contributed by atoms with van der Waals surface area (Å²) in [6, 6.07) is 15.2. The Morgan fingerprint density at radius 3 is 2.25 bits per heavy atom. The average Bonchev–Trinajstić information content (AvgIpc) is 3.65. The molecule has 5 fully saturated rings. The summed E-state index contributed by atoms with van der Waals surface area (Å²) in [6.07, 6.45) is 5.45. The molecule has 0 aliphatic carbocycles. The largest absolute Gasteiger partial charge is 0.371 e. The number of benzene rings is 2. The third kappa shape index (κ3) is 6.57. The number of fused-ring (bicyclic) bond motifs is 1. The lowest BCUT2D eigenvalue weighted by Gasteiger charge is -2.49. The van der Waals surface area contributed by atoms with Crippen molar-refractivity contribution in [1.29, 1.82) is 0 Å². The van der Waals surface area contributed by atoms with Crippen LogP contribution in [0.1, 0.15) is 75.7 Å². The van der Waals surface area contributed by atoms with Crippen molar-refractivity contribution in [2.24, 2.45) is 5.41 Å². The zero-order chi connectivity index (χ0) is 39.6. The number of pyridine rings is 1. The van der Waals surface area contributed by atoms with E-state index in [9.17, 15) is 24.0 Å². The molecule has 294 valence electrons.